The number of pyridine rings is 1. The third-order valence-corrected chi connectivity index (χ3v) is 5.93. The molecule has 0 N–H and O–H groups in total. The second-order valence-corrected chi connectivity index (χ2v) is 7.19. The van der Waals surface area contributed by atoms with E-state index in [1.54, 1.807) is 0 Å². The molecule has 0 unspecified atom stereocenters. The van der Waals surface area contributed by atoms with Crippen LogP contribution in [-0.4, -0.2) is 42.0 Å². The van der Waals surface area contributed by atoms with E-state index >= 15 is 0 Å². The Morgan fingerprint density at radius 3 is 2.64 bits per heavy atom. The molecule has 0 aromatic carbocycles. The fourth-order valence-electron chi connectivity index (χ4n) is 4.71. The van der Waals surface area contributed by atoms with E-state index in [9.17, 15) is 4.79 Å². The van der Waals surface area contributed by atoms with Crippen LogP contribution in [0.2, 0.25) is 0 Å². The first-order valence-corrected chi connectivity index (χ1v) is 8.73. The molecule has 1 aliphatic heterocycles. The van der Waals surface area contributed by atoms with Crippen LogP contribution in [0, 0.1) is 17.8 Å². The Balaban J connectivity index is 1.29. The molecule has 2 bridgehead atoms. The monoisotopic (exact) mass is 299 g/mol. The molecule has 1 aromatic heterocycles. The number of rotatable bonds is 3. The second kappa shape index (κ2) is 5.90. The third kappa shape index (κ3) is 2.71. The fraction of sp³-hybridized carbons (Fsp3) is 0.667. The molecule has 1 saturated heterocycles. The summed E-state index contributed by atoms with van der Waals surface area (Å²) in [5.41, 5.74) is 0. The van der Waals surface area contributed by atoms with Crippen LogP contribution >= 0.6 is 0 Å². The quantitative estimate of drug-likeness (QED) is 0.860. The lowest BCUT2D eigenvalue weighted by atomic mass is 9.86. The minimum absolute atomic E-state index is 0.387. The standard InChI is InChI=1S/C18H25N3O/c22-18(13-16-12-14-4-5-15(16)11-14)21-9-7-20(8-10-21)17-3-1-2-6-19-17/h1-3,6,14-16H,4-5,7-13H2/t14-,15-,16-/m0/s1. The molecular weight excluding hydrogens is 274 g/mol. The van der Waals surface area contributed by atoms with Crippen LogP contribution in [-0.2, 0) is 4.79 Å². The number of nitrogens with zero attached hydrogens (tertiary/aromatic N) is 3. The van der Waals surface area contributed by atoms with E-state index in [4.69, 9.17) is 0 Å². The van der Waals surface area contributed by atoms with Crippen LogP contribution in [0.15, 0.2) is 24.4 Å². The molecule has 0 radical (unpaired) electrons. The molecule has 1 aromatic rings. The van der Waals surface area contributed by atoms with Crippen molar-refractivity contribution in [3.63, 3.8) is 0 Å². The summed E-state index contributed by atoms with van der Waals surface area (Å²) < 4.78 is 0. The fourth-order valence-corrected chi connectivity index (χ4v) is 4.71. The van der Waals surface area contributed by atoms with Gasteiger partial charge in [0.15, 0.2) is 0 Å². The first-order valence-electron chi connectivity index (χ1n) is 8.73. The Kier molecular flexibility index (Phi) is 3.77. The molecule has 2 aliphatic carbocycles. The number of aromatic nitrogens is 1. The van der Waals surface area contributed by atoms with Crippen molar-refractivity contribution in [1.82, 2.24) is 9.88 Å². The lowest BCUT2D eigenvalue weighted by Crippen LogP contribution is -2.49. The number of hydrogen-bond donors (Lipinski definition) is 0. The zero-order valence-electron chi connectivity index (χ0n) is 13.2. The summed E-state index contributed by atoms with van der Waals surface area (Å²) in [5, 5.41) is 0. The molecule has 3 fully saturated rings. The molecule has 22 heavy (non-hydrogen) atoms. The predicted molar refractivity (Wildman–Crippen MR) is 86.6 cm³/mol. The van der Waals surface area contributed by atoms with Gasteiger partial charge in [-0.2, -0.15) is 0 Å². The van der Waals surface area contributed by atoms with Crippen molar-refractivity contribution in [2.24, 2.45) is 17.8 Å². The summed E-state index contributed by atoms with van der Waals surface area (Å²) in [7, 11) is 0. The minimum Gasteiger partial charge on any atom is -0.353 e. The van der Waals surface area contributed by atoms with Crippen molar-refractivity contribution in [3.8, 4) is 0 Å². The Hall–Kier alpha value is -1.58. The van der Waals surface area contributed by atoms with Gasteiger partial charge in [0.1, 0.15) is 5.82 Å². The molecular formula is C18H25N3O. The van der Waals surface area contributed by atoms with Crippen molar-refractivity contribution in [1.29, 1.82) is 0 Å². The highest BCUT2D eigenvalue weighted by Gasteiger charge is 2.40. The van der Waals surface area contributed by atoms with E-state index in [1.165, 1.54) is 25.7 Å². The van der Waals surface area contributed by atoms with Crippen molar-refractivity contribution in [2.45, 2.75) is 32.1 Å². The summed E-state index contributed by atoms with van der Waals surface area (Å²) in [6.07, 6.45) is 8.12. The Morgan fingerprint density at radius 1 is 1.14 bits per heavy atom. The maximum atomic E-state index is 12.6. The highest BCUT2D eigenvalue weighted by Crippen LogP contribution is 2.49. The summed E-state index contributed by atoms with van der Waals surface area (Å²) in [6.45, 7) is 3.49. The average Bonchev–Trinajstić information content (AvgIpc) is 3.19. The van der Waals surface area contributed by atoms with Gasteiger partial charge in [-0.15, -0.1) is 0 Å². The topological polar surface area (TPSA) is 36.4 Å². The number of fused-ring (bicyclic) bond motifs is 2. The van der Waals surface area contributed by atoms with Crippen LogP contribution in [0.4, 0.5) is 5.82 Å². The number of hydrogen-bond acceptors (Lipinski definition) is 3. The first kappa shape index (κ1) is 14.0. The first-order chi connectivity index (χ1) is 10.8. The van der Waals surface area contributed by atoms with Gasteiger partial charge in [-0.05, 0) is 49.1 Å². The SMILES string of the molecule is O=C(C[C@@H]1C[C@H]2CC[C@H]1C2)N1CCN(c2ccccn2)CC1. The lowest BCUT2D eigenvalue weighted by molar-refractivity contribution is -0.132. The van der Waals surface area contributed by atoms with Crippen molar-refractivity contribution in [3.05, 3.63) is 24.4 Å². The van der Waals surface area contributed by atoms with Gasteiger partial charge in [0.25, 0.3) is 0 Å². The van der Waals surface area contributed by atoms with Crippen molar-refractivity contribution in [2.75, 3.05) is 31.1 Å². The van der Waals surface area contributed by atoms with E-state index in [1.807, 2.05) is 24.4 Å². The molecule has 3 atom stereocenters. The molecule has 4 heteroatoms. The molecule has 2 heterocycles. The molecule has 1 amide bonds. The largest absolute Gasteiger partial charge is 0.353 e. The van der Waals surface area contributed by atoms with Gasteiger partial charge in [0.05, 0.1) is 0 Å². The van der Waals surface area contributed by atoms with E-state index in [0.29, 0.717) is 11.8 Å². The molecule has 2 saturated carbocycles. The van der Waals surface area contributed by atoms with E-state index in [0.717, 1.165) is 50.3 Å². The Labute approximate surface area is 132 Å². The maximum absolute atomic E-state index is 12.6. The smallest absolute Gasteiger partial charge is 0.222 e. The van der Waals surface area contributed by atoms with Gasteiger partial charge in [-0.25, -0.2) is 4.98 Å². The summed E-state index contributed by atoms with van der Waals surface area (Å²) in [6, 6.07) is 6.01. The van der Waals surface area contributed by atoms with E-state index < -0.39 is 0 Å². The molecule has 118 valence electrons. The number of carbonyl (C=O) groups is 1. The Bertz CT molecular complexity index is 524. The van der Waals surface area contributed by atoms with Gasteiger partial charge < -0.3 is 9.80 Å². The number of amides is 1. The van der Waals surface area contributed by atoms with Gasteiger partial charge in [0.2, 0.25) is 5.91 Å². The zero-order valence-corrected chi connectivity index (χ0v) is 13.2. The molecule has 4 rings (SSSR count). The van der Waals surface area contributed by atoms with Crippen LogP contribution in [0.3, 0.4) is 0 Å². The summed E-state index contributed by atoms with van der Waals surface area (Å²) >= 11 is 0. The van der Waals surface area contributed by atoms with Crippen LogP contribution < -0.4 is 4.90 Å². The maximum Gasteiger partial charge on any atom is 0.222 e. The van der Waals surface area contributed by atoms with Crippen LogP contribution in [0.25, 0.3) is 0 Å². The average molecular weight is 299 g/mol. The van der Waals surface area contributed by atoms with Crippen LogP contribution in [0.1, 0.15) is 32.1 Å². The summed E-state index contributed by atoms with van der Waals surface area (Å²) in [4.78, 5) is 21.3. The van der Waals surface area contributed by atoms with Crippen molar-refractivity contribution >= 4 is 11.7 Å². The highest BCUT2D eigenvalue weighted by molar-refractivity contribution is 5.77. The predicted octanol–water partition coefficient (Wildman–Crippen LogP) is 2.56. The summed E-state index contributed by atoms with van der Waals surface area (Å²) in [5.74, 6) is 3.88. The van der Waals surface area contributed by atoms with E-state index in [-0.39, 0.29) is 0 Å². The van der Waals surface area contributed by atoms with Gasteiger partial charge in [-0.3, -0.25) is 4.79 Å². The second-order valence-electron chi connectivity index (χ2n) is 7.19. The third-order valence-electron chi connectivity index (χ3n) is 5.93. The number of carbonyl (C=O) groups excluding carboxylic acids is 1. The highest BCUT2D eigenvalue weighted by atomic mass is 16.2. The Morgan fingerprint density at radius 2 is 2.00 bits per heavy atom. The molecule has 4 nitrogen and oxygen atoms in total. The molecule has 3 aliphatic rings. The lowest BCUT2D eigenvalue weighted by Gasteiger charge is -2.36. The number of piperazine rings is 1. The van der Waals surface area contributed by atoms with Gasteiger partial charge >= 0.3 is 0 Å². The number of anilines is 1. The van der Waals surface area contributed by atoms with Crippen LogP contribution in [0.5, 0.6) is 0 Å². The van der Waals surface area contributed by atoms with Crippen molar-refractivity contribution < 1.29 is 4.79 Å². The van der Waals surface area contributed by atoms with E-state index in [2.05, 4.69) is 14.8 Å². The molecule has 0 spiro atoms. The zero-order chi connectivity index (χ0) is 14.9. The normalized spacial score (nSPS) is 30.8. The minimum atomic E-state index is 0.387. The van der Waals surface area contributed by atoms with Gasteiger partial charge in [-0.1, -0.05) is 12.5 Å². The van der Waals surface area contributed by atoms with Gasteiger partial charge in [0, 0.05) is 38.8 Å².